The standard InChI is InChI=1S/C18H23N3O2/c1-21-6-4-13(5-7-21)16-10-19-17-3-2-12(9-15(16)17)8-14-11-23-18(22)20-14/h2-3,9-10,13-14,19H,4-8,11H2,1H3,(H,20,22)/t14-/m1/s1. The Morgan fingerprint density at radius 2 is 2.13 bits per heavy atom. The summed E-state index contributed by atoms with van der Waals surface area (Å²) >= 11 is 0. The number of aromatic nitrogens is 1. The molecular formula is C18H23N3O2. The number of H-pyrrole nitrogens is 1. The Hall–Kier alpha value is -2.01. The number of hydrogen-bond acceptors (Lipinski definition) is 3. The van der Waals surface area contributed by atoms with Crippen LogP contribution in [0.1, 0.15) is 29.9 Å². The lowest BCUT2D eigenvalue weighted by Gasteiger charge is -2.28. The van der Waals surface area contributed by atoms with E-state index in [0.29, 0.717) is 12.5 Å². The molecule has 0 unspecified atom stereocenters. The average molecular weight is 313 g/mol. The molecule has 0 radical (unpaired) electrons. The molecule has 2 N–H and O–H groups in total. The van der Waals surface area contributed by atoms with E-state index >= 15 is 0 Å². The number of fused-ring (bicyclic) bond motifs is 1. The highest BCUT2D eigenvalue weighted by Crippen LogP contribution is 2.33. The molecule has 2 saturated heterocycles. The summed E-state index contributed by atoms with van der Waals surface area (Å²) in [5.41, 5.74) is 3.90. The molecule has 122 valence electrons. The fraction of sp³-hybridized carbons (Fsp3) is 0.500. The molecule has 2 fully saturated rings. The van der Waals surface area contributed by atoms with Crippen LogP contribution in [-0.2, 0) is 11.2 Å². The van der Waals surface area contributed by atoms with E-state index in [-0.39, 0.29) is 12.1 Å². The quantitative estimate of drug-likeness (QED) is 0.916. The van der Waals surface area contributed by atoms with Gasteiger partial charge in [-0.25, -0.2) is 4.79 Å². The molecule has 1 amide bonds. The third-order valence-electron chi connectivity index (χ3n) is 5.16. The topological polar surface area (TPSA) is 57.4 Å². The number of nitrogens with one attached hydrogen (secondary N) is 2. The summed E-state index contributed by atoms with van der Waals surface area (Å²) in [4.78, 5) is 17.0. The summed E-state index contributed by atoms with van der Waals surface area (Å²) in [6, 6.07) is 6.66. The van der Waals surface area contributed by atoms with Crippen LogP contribution in [0.2, 0.25) is 0 Å². The minimum Gasteiger partial charge on any atom is -0.447 e. The predicted molar refractivity (Wildman–Crippen MR) is 89.7 cm³/mol. The Balaban J connectivity index is 1.57. The number of benzene rings is 1. The van der Waals surface area contributed by atoms with E-state index in [4.69, 9.17) is 4.74 Å². The third-order valence-corrected chi connectivity index (χ3v) is 5.16. The molecule has 0 spiro atoms. The normalized spacial score (nSPS) is 23.2. The van der Waals surface area contributed by atoms with Gasteiger partial charge in [0.2, 0.25) is 0 Å². The van der Waals surface area contributed by atoms with E-state index in [9.17, 15) is 4.79 Å². The summed E-state index contributed by atoms with van der Waals surface area (Å²) in [6.45, 7) is 2.80. The van der Waals surface area contributed by atoms with Crippen LogP contribution in [0.15, 0.2) is 24.4 Å². The van der Waals surface area contributed by atoms with Crippen molar-refractivity contribution in [2.24, 2.45) is 0 Å². The van der Waals surface area contributed by atoms with Gasteiger partial charge in [-0.15, -0.1) is 0 Å². The lowest BCUT2D eigenvalue weighted by atomic mass is 9.89. The summed E-state index contributed by atoms with van der Waals surface area (Å²) in [6.07, 6.45) is 5.15. The number of piperidine rings is 1. The maximum Gasteiger partial charge on any atom is 0.407 e. The van der Waals surface area contributed by atoms with Crippen molar-refractivity contribution in [2.75, 3.05) is 26.7 Å². The van der Waals surface area contributed by atoms with Crippen molar-refractivity contribution in [1.29, 1.82) is 0 Å². The van der Waals surface area contributed by atoms with Gasteiger partial charge in [0.15, 0.2) is 0 Å². The minimum absolute atomic E-state index is 0.0886. The first-order valence-electron chi connectivity index (χ1n) is 8.41. The number of ether oxygens (including phenoxy) is 1. The second-order valence-electron chi connectivity index (χ2n) is 6.85. The van der Waals surface area contributed by atoms with Crippen LogP contribution in [0.5, 0.6) is 0 Å². The van der Waals surface area contributed by atoms with E-state index in [1.165, 1.54) is 48.0 Å². The van der Waals surface area contributed by atoms with Gasteiger partial charge in [-0.05, 0) is 68.6 Å². The Labute approximate surface area is 136 Å². The number of carbonyl (C=O) groups is 1. The van der Waals surface area contributed by atoms with Crippen LogP contribution in [0.25, 0.3) is 10.9 Å². The number of rotatable bonds is 3. The van der Waals surface area contributed by atoms with E-state index in [2.05, 4.69) is 46.6 Å². The Morgan fingerprint density at radius 1 is 1.30 bits per heavy atom. The van der Waals surface area contributed by atoms with Crippen molar-refractivity contribution in [3.63, 3.8) is 0 Å². The number of aromatic amines is 1. The van der Waals surface area contributed by atoms with Crippen LogP contribution in [0.3, 0.4) is 0 Å². The van der Waals surface area contributed by atoms with Crippen LogP contribution in [0, 0.1) is 0 Å². The lowest BCUT2D eigenvalue weighted by molar-refractivity contribution is 0.177. The molecule has 0 bridgehead atoms. The van der Waals surface area contributed by atoms with Gasteiger partial charge in [0.25, 0.3) is 0 Å². The number of likely N-dealkylation sites (tertiary alicyclic amines) is 1. The van der Waals surface area contributed by atoms with Gasteiger partial charge >= 0.3 is 6.09 Å². The fourth-order valence-electron chi connectivity index (χ4n) is 3.79. The molecule has 5 nitrogen and oxygen atoms in total. The summed E-state index contributed by atoms with van der Waals surface area (Å²) in [5.74, 6) is 0.643. The maximum absolute atomic E-state index is 11.2. The number of amides is 1. The first kappa shape index (κ1) is 14.6. The summed E-state index contributed by atoms with van der Waals surface area (Å²) in [5, 5.41) is 4.19. The first-order valence-corrected chi connectivity index (χ1v) is 8.41. The highest BCUT2D eigenvalue weighted by atomic mass is 16.6. The highest BCUT2D eigenvalue weighted by Gasteiger charge is 2.24. The van der Waals surface area contributed by atoms with E-state index in [1.54, 1.807) is 0 Å². The third kappa shape index (κ3) is 2.93. The summed E-state index contributed by atoms with van der Waals surface area (Å²) < 4.78 is 4.98. The molecule has 0 aliphatic carbocycles. The van der Waals surface area contributed by atoms with E-state index in [1.807, 2.05) is 0 Å². The lowest BCUT2D eigenvalue weighted by Crippen LogP contribution is -2.29. The summed E-state index contributed by atoms with van der Waals surface area (Å²) in [7, 11) is 2.20. The molecule has 2 aromatic rings. The fourth-order valence-corrected chi connectivity index (χ4v) is 3.79. The average Bonchev–Trinajstić information content (AvgIpc) is 3.14. The molecule has 3 heterocycles. The van der Waals surface area contributed by atoms with Crippen LogP contribution < -0.4 is 5.32 Å². The predicted octanol–water partition coefficient (Wildman–Crippen LogP) is 2.63. The molecule has 5 heteroatoms. The minimum atomic E-state index is -0.301. The van der Waals surface area contributed by atoms with Gasteiger partial charge in [-0.1, -0.05) is 6.07 Å². The number of cyclic esters (lactones) is 1. The molecule has 23 heavy (non-hydrogen) atoms. The molecule has 2 aliphatic rings. The second-order valence-corrected chi connectivity index (χ2v) is 6.85. The largest absolute Gasteiger partial charge is 0.447 e. The van der Waals surface area contributed by atoms with Crippen LogP contribution in [0.4, 0.5) is 4.79 Å². The molecule has 2 aliphatic heterocycles. The zero-order chi connectivity index (χ0) is 15.8. The highest BCUT2D eigenvalue weighted by molar-refractivity contribution is 5.84. The van der Waals surface area contributed by atoms with Gasteiger partial charge in [0.05, 0.1) is 6.04 Å². The molecule has 1 aromatic carbocycles. The van der Waals surface area contributed by atoms with Gasteiger partial charge in [-0.3, -0.25) is 0 Å². The van der Waals surface area contributed by atoms with Crippen molar-refractivity contribution in [3.05, 3.63) is 35.5 Å². The Morgan fingerprint density at radius 3 is 2.87 bits per heavy atom. The number of nitrogens with zero attached hydrogens (tertiary/aromatic N) is 1. The smallest absolute Gasteiger partial charge is 0.407 e. The first-order chi connectivity index (χ1) is 11.2. The van der Waals surface area contributed by atoms with Crippen molar-refractivity contribution in [1.82, 2.24) is 15.2 Å². The zero-order valence-electron chi connectivity index (χ0n) is 13.5. The van der Waals surface area contributed by atoms with Gasteiger partial charge in [0, 0.05) is 17.1 Å². The molecule has 1 atom stereocenters. The van der Waals surface area contributed by atoms with Crippen molar-refractivity contribution in [2.45, 2.75) is 31.2 Å². The molecule has 1 aromatic heterocycles. The van der Waals surface area contributed by atoms with Crippen molar-refractivity contribution >= 4 is 17.0 Å². The molecular weight excluding hydrogens is 290 g/mol. The number of alkyl carbamates (subject to hydrolysis) is 1. The maximum atomic E-state index is 11.2. The zero-order valence-corrected chi connectivity index (χ0v) is 13.5. The van der Waals surface area contributed by atoms with E-state index < -0.39 is 0 Å². The molecule has 0 saturated carbocycles. The van der Waals surface area contributed by atoms with Crippen LogP contribution >= 0.6 is 0 Å². The van der Waals surface area contributed by atoms with Gasteiger partial charge in [-0.2, -0.15) is 0 Å². The Bertz CT molecular complexity index is 716. The van der Waals surface area contributed by atoms with E-state index in [0.717, 1.165) is 6.42 Å². The number of hydrogen-bond donors (Lipinski definition) is 2. The van der Waals surface area contributed by atoms with Crippen LogP contribution in [-0.4, -0.2) is 48.8 Å². The molecule has 4 rings (SSSR count). The second kappa shape index (κ2) is 5.89. The van der Waals surface area contributed by atoms with Gasteiger partial charge in [0.1, 0.15) is 6.61 Å². The van der Waals surface area contributed by atoms with Crippen molar-refractivity contribution in [3.8, 4) is 0 Å². The van der Waals surface area contributed by atoms with Crippen molar-refractivity contribution < 1.29 is 9.53 Å². The van der Waals surface area contributed by atoms with Gasteiger partial charge < -0.3 is 19.9 Å². The SMILES string of the molecule is CN1CCC(c2c[nH]c3ccc(C[C@@H]4COC(=O)N4)cc23)CC1. The Kier molecular flexibility index (Phi) is 3.73. The number of carbonyl (C=O) groups excluding carboxylic acids is 1. The monoisotopic (exact) mass is 313 g/mol.